The average molecular weight is 403 g/mol. The van der Waals surface area contributed by atoms with Crippen molar-refractivity contribution in [3.63, 3.8) is 0 Å². The lowest BCUT2D eigenvalue weighted by atomic mass is 10.0. The van der Waals surface area contributed by atoms with E-state index in [1.54, 1.807) is 0 Å². The maximum absolute atomic E-state index is 3.61. The molecule has 0 radical (unpaired) electrons. The predicted molar refractivity (Wildman–Crippen MR) is 91.0 cm³/mol. The summed E-state index contributed by atoms with van der Waals surface area (Å²) in [5.74, 6) is 0. The summed E-state index contributed by atoms with van der Waals surface area (Å²) in [6, 6.07) is 11.2. The van der Waals surface area contributed by atoms with Crippen molar-refractivity contribution in [2.24, 2.45) is 0 Å². The number of halogens is 2. The standard InChI is InChI=1S/C15H17Br2NS/c1-3-18-13(14-8-10(2)15(17)19-14)9-11-4-6-12(16)7-5-11/h4-8,13,18H,3,9H2,1-2H3. The van der Waals surface area contributed by atoms with Crippen molar-refractivity contribution in [2.45, 2.75) is 26.3 Å². The Morgan fingerprint density at radius 3 is 2.42 bits per heavy atom. The molecule has 1 atom stereocenters. The van der Waals surface area contributed by atoms with E-state index in [1.807, 2.05) is 11.3 Å². The molecule has 1 N–H and O–H groups in total. The second kappa shape index (κ2) is 7.02. The quantitative estimate of drug-likeness (QED) is 0.698. The fourth-order valence-electron chi connectivity index (χ4n) is 2.03. The lowest BCUT2D eigenvalue weighted by Gasteiger charge is -2.16. The number of benzene rings is 1. The third kappa shape index (κ3) is 4.15. The van der Waals surface area contributed by atoms with Crippen LogP contribution in [0.25, 0.3) is 0 Å². The molecule has 19 heavy (non-hydrogen) atoms. The first-order chi connectivity index (χ1) is 9.10. The molecule has 1 unspecified atom stereocenters. The van der Waals surface area contributed by atoms with Crippen LogP contribution < -0.4 is 5.32 Å². The maximum atomic E-state index is 3.61. The van der Waals surface area contributed by atoms with Gasteiger partial charge in [-0.05, 0) is 65.1 Å². The molecule has 2 rings (SSSR count). The van der Waals surface area contributed by atoms with Crippen LogP contribution >= 0.6 is 43.2 Å². The molecule has 102 valence electrons. The third-order valence-electron chi connectivity index (χ3n) is 3.02. The van der Waals surface area contributed by atoms with Crippen LogP contribution in [0.15, 0.2) is 38.6 Å². The van der Waals surface area contributed by atoms with Gasteiger partial charge < -0.3 is 5.32 Å². The van der Waals surface area contributed by atoms with Gasteiger partial charge in [0.15, 0.2) is 0 Å². The highest BCUT2D eigenvalue weighted by molar-refractivity contribution is 9.11. The molecule has 4 heteroatoms. The molecule has 0 saturated carbocycles. The average Bonchev–Trinajstić information content (AvgIpc) is 2.72. The molecular weight excluding hydrogens is 386 g/mol. The van der Waals surface area contributed by atoms with Gasteiger partial charge in [0.25, 0.3) is 0 Å². The largest absolute Gasteiger partial charge is 0.309 e. The molecule has 1 heterocycles. The van der Waals surface area contributed by atoms with Crippen molar-refractivity contribution < 1.29 is 0 Å². The molecule has 0 aliphatic heterocycles. The zero-order valence-corrected chi connectivity index (χ0v) is 15.0. The van der Waals surface area contributed by atoms with Crippen molar-refractivity contribution in [1.82, 2.24) is 5.32 Å². The van der Waals surface area contributed by atoms with Crippen molar-refractivity contribution >= 4 is 43.2 Å². The Hall–Kier alpha value is -0.160. The van der Waals surface area contributed by atoms with E-state index in [0.29, 0.717) is 6.04 Å². The summed E-state index contributed by atoms with van der Waals surface area (Å²) in [6.07, 6.45) is 1.02. The second-order valence-electron chi connectivity index (χ2n) is 4.55. The van der Waals surface area contributed by atoms with Gasteiger partial charge in [0.1, 0.15) is 0 Å². The van der Waals surface area contributed by atoms with Crippen LogP contribution in [-0.4, -0.2) is 6.54 Å². The van der Waals surface area contributed by atoms with Crippen LogP contribution in [0.4, 0.5) is 0 Å². The molecule has 0 saturated heterocycles. The summed E-state index contributed by atoms with van der Waals surface area (Å²) in [4.78, 5) is 1.40. The van der Waals surface area contributed by atoms with Gasteiger partial charge in [0, 0.05) is 15.4 Å². The normalized spacial score (nSPS) is 12.6. The van der Waals surface area contributed by atoms with Crippen LogP contribution in [-0.2, 0) is 6.42 Å². The van der Waals surface area contributed by atoms with Gasteiger partial charge in [-0.1, -0.05) is 35.0 Å². The first-order valence-electron chi connectivity index (χ1n) is 6.33. The predicted octanol–water partition coefficient (Wildman–Crippen LogP) is 5.47. The van der Waals surface area contributed by atoms with E-state index in [9.17, 15) is 0 Å². The number of hydrogen-bond donors (Lipinski definition) is 1. The summed E-state index contributed by atoms with van der Waals surface area (Å²) in [5, 5.41) is 3.58. The summed E-state index contributed by atoms with van der Waals surface area (Å²) in [6.45, 7) is 5.28. The van der Waals surface area contributed by atoms with Gasteiger partial charge >= 0.3 is 0 Å². The molecule has 1 aromatic heterocycles. The lowest BCUT2D eigenvalue weighted by Crippen LogP contribution is -2.22. The summed E-state index contributed by atoms with van der Waals surface area (Å²) >= 11 is 8.93. The number of thiophene rings is 1. The summed E-state index contributed by atoms with van der Waals surface area (Å²) in [7, 11) is 0. The first kappa shape index (κ1) is 15.2. The number of aryl methyl sites for hydroxylation is 1. The fourth-order valence-corrected chi connectivity index (χ4v) is 3.94. The van der Waals surface area contributed by atoms with Gasteiger partial charge in [0.2, 0.25) is 0 Å². The van der Waals surface area contributed by atoms with Gasteiger partial charge in [-0.15, -0.1) is 11.3 Å². The van der Waals surface area contributed by atoms with Crippen molar-refractivity contribution in [2.75, 3.05) is 6.54 Å². The van der Waals surface area contributed by atoms with E-state index in [-0.39, 0.29) is 0 Å². The molecule has 0 bridgehead atoms. The minimum atomic E-state index is 0.390. The van der Waals surface area contributed by atoms with E-state index in [4.69, 9.17) is 0 Å². The minimum absolute atomic E-state index is 0.390. The Kier molecular flexibility index (Phi) is 5.63. The van der Waals surface area contributed by atoms with Crippen LogP contribution in [0.2, 0.25) is 0 Å². The van der Waals surface area contributed by atoms with Crippen LogP contribution in [0.5, 0.6) is 0 Å². The Bertz CT molecular complexity index is 514. The van der Waals surface area contributed by atoms with Gasteiger partial charge in [-0.3, -0.25) is 0 Å². The highest BCUT2D eigenvalue weighted by Crippen LogP contribution is 2.33. The van der Waals surface area contributed by atoms with E-state index in [0.717, 1.165) is 17.4 Å². The SMILES string of the molecule is CCNC(Cc1ccc(Br)cc1)c1cc(C)c(Br)s1. The zero-order chi connectivity index (χ0) is 13.8. The van der Waals surface area contributed by atoms with Crippen molar-refractivity contribution in [1.29, 1.82) is 0 Å². The van der Waals surface area contributed by atoms with Crippen LogP contribution in [0.3, 0.4) is 0 Å². The smallest absolute Gasteiger partial charge is 0.0731 e. The Morgan fingerprint density at radius 2 is 1.89 bits per heavy atom. The molecule has 0 fully saturated rings. The molecule has 0 aliphatic carbocycles. The number of nitrogens with one attached hydrogen (secondary N) is 1. The lowest BCUT2D eigenvalue weighted by molar-refractivity contribution is 0.558. The monoisotopic (exact) mass is 401 g/mol. The van der Waals surface area contributed by atoms with Gasteiger partial charge in [-0.2, -0.15) is 0 Å². The second-order valence-corrected chi connectivity index (χ2v) is 7.86. The molecule has 1 aromatic carbocycles. The number of likely N-dealkylation sites (N-methyl/N-ethyl adjacent to an activating group) is 1. The topological polar surface area (TPSA) is 12.0 Å². The molecule has 0 aliphatic rings. The molecule has 2 aromatic rings. The molecular formula is C15H17Br2NS. The third-order valence-corrected chi connectivity index (χ3v) is 5.80. The van der Waals surface area contributed by atoms with Crippen LogP contribution in [0.1, 0.15) is 29.0 Å². The zero-order valence-electron chi connectivity index (χ0n) is 11.0. The van der Waals surface area contributed by atoms with Crippen LogP contribution in [0, 0.1) is 6.92 Å². The molecule has 1 nitrogen and oxygen atoms in total. The Balaban J connectivity index is 2.18. The number of rotatable bonds is 5. The fraction of sp³-hybridized carbons (Fsp3) is 0.333. The molecule has 0 spiro atoms. The highest BCUT2D eigenvalue weighted by atomic mass is 79.9. The molecule has 0 amide bonds. The van der Waals surface area contributed by atoms with Gasteiger partial charge in [-0.25, -0.2) is 0 Å². The van der Waals surface area contributed by atoms with E-state index < -0.39 is 0 Å². The van der Waals surface area contributed by atoms with Crippen molar-refractivity contribution in [3.05, 3.63) is 54.6 Å². The van der Waals surface area contributed by atoms with E-state index >= 15 is 0 Å². The van der Waals surface area contributed by atoms with E-state index in [2.05, 4.69) is 81.4 Å². The van der Waals surface area contributed by atoms with E-state index in [1.165, 1.54) is 19.8 Å². The first-order valence-corrected chi connectivity index (χ1v) is 8.74. The summed E-state index contributed by atoms with van der Waals surface area (Å²) < 4.78 is 2.37. The van der Waals surface area contributed by atoms with Crippen molar-refractivity contribution in [3.8, 4) is 0 Å². The minimum Gasteiger partial charge on any atom is -0.309 e. The highest BCUT2D eigenvalue weighted by Gasteiger charge is 2.15. The Morgan fingerprint density at radius 1 is 1.21 bits per heavy atom. The summed E-state index contributed by atoms with van der Waals surface area (Å²) in [5.41, 5.74) is 2.68. The number of hydrogen-bond acceptors (Lipinski definition) is 2. The van der Waals surface area contributed by atoms with Gasteiger partial charge in [0.05, 0.1) is 3.79 Å². The Labute approximate surface area is 135 Å². The maximum Gasteiger partial charge on any atom is 0.0731 e.